The first-order valence-corrected chi connectivity index (χ1v) is 8.10. The van der Waals surface area contributed by atoms with Crippen molar-refractivity contribution in [1.29, 1.82) is 0 Å². The lowest BCUT2D eigenvalue weighted by Crippen LogP contribution is -2.22. The number of nitrogens with one attached hydrogen (secondary N) is 1. The van der Waals surface area contributed by atoms with Crippen molar-refractivity contribution in [3.63, 3.8) is 0 Å². The van der Waals surface area contributed by atoms with Crippen LogP contribution in [0, 0.1) is 0 Å². The van der Waals surface area contributed by atoms with Crippen LogP contribution in [-0.4, -0.2) is 29.6 Å². The van der Waals surface area contributed by atoms with Crippen LogP contribution in [0.3, 0.4) is 0 Å². The van der Waals surface area contributed by atoms with Crippen LogP contribution in [0.25, 0.3) is 0 Å². The minimum Gasteiger partial charge on any atom is -0.369 e. The molecule has 1 saturated heterocycles. The Morgan fingerprint density at radius 1 is 1.16 bits per heavy atom. The third-order valence-corrected chi connectivity index (χ3v) is 4.16. The van der Waals surface area contributed by atoms with Crippen LogP contribution in [-0.2, 0) is 6.42 Å². The summed E-state index contributed by atoms with van der Waals surface area (Å²) in [6.07, 6.45) is 5.69. The summed E-state index contributed by atoms with van der Waals surface area (Å²) in [5, 5.41) is 3.40. The minimum atomic E-state index is 0.891. The molecule has 1 fully saturated rings. The molecule has 4 nitrogen and oxygen atoms in total. The fourth-order valence-electron chi connectivity index (χ4n) is 2.30. The molecule has 2 rings (SSSR count). The summed E-state index contributed by atoms with van der Waals surface area (Å²) < 4.78 is 1.03. The Morgan fingerprint density at radius 2 is 1.89 bits per heavy atom. The molecule has 0 aromatic carbocycles. The second-order valence-electron chi connectivity index (χ2n) is 5.00. The summed E-state index contributed by atoms with van der Waals surface area (Å²) in [6, 6.07) is 0. The summed E-state index contributed by atoms with van der Waals surface area (Å²) in [6.45, 7) is 7.46. The number of aromatic nitrogens is 2. The van der Waals surface area contributed by atoms with Crippen molar-refractivity contribution in [1.82, 2.24) is 9.97 Å². The van der Waals surface area contributed by atoms with E-state index in [1.807, 2.05) is 0 Å². The van der Waals surface area contributed by atoms with E-state index in [0.29, 0.717) is 0 Å². The first-order valence-electron chi connectivity index (χ1n) is 7.31. The van der Waals surface area contributed by atoms with E-state index in [0.717, 1.165) is 60.8 Å². The number of aryl methyl sites for hydroxylation is 1. The molecule has 106 valence electrons. The van der Waals surface area contributed by atoms with Crippen LogP contribution in [0.2, 0.25) is 0 Å². The normalized spacial score (nSPS) is 15.0. The Hall–Kier alpha value is -0.840. The minimum absolute atomic E-state index is 0.891. The lowest BCUT2D eigenvalue weighted by molar-refractivity contribution is 0.829. The van der Waals surface area contributed by atoms with Gasteiger partial charge in [0.05, 0.1) is 10.2 Å². The summed E-state index contributed by atoms with van der Waals surface area (Å²) in [5.74, 6) is 1.84. The van der Waals surface area contributed by atoms with Crippen LogP contribution in [0.5, 0.6) is 0 Å². The summed E-state index contributed by atoms with van der Waals surface area (Å²) >= 11 is 3.65. The van der Waals surface area contributed by atoms with Gasteiger partial charge < -0.3 is 10.2 Å². The summed E-state index contributed by atoms with van der Waals surface area (Å²) in [5.41, 5.74) is 1.12. The van der Waals surface area contributed by atoms with E-state index in [2.05, 4.69) is 40.0 Å². The molecule has 0 saturated carbocycles. The molecular weight excluding hydrogens is 304 g/mol. The van der Waals surface area contributed by atoms with Crippen molar-refractivity contribution in [3.8, 4) is 0 Å². The van der Waals surface area contributed by atoms with Crippen molar-refractivity contribution in [2.45, 2.75) is 46.0 Å². The zero-order valence-corrected chi connectivity index (χ0v) is 13.5. The van der Waals surface area contributed by atoms with Crippen molar-refractivity contribution in [3.05, 3.63) is 10.2 Å². The highest BCUT2D eigenvalue weighted by Gasteiger charge is 2.18. The summed E-state index contributed by atoms with van der Waals surface area (Å²) in [7, 11) is 0. The van der Waals surface area contributed by atoms with Crippen molar-refractivity contribution < 1.29 is 0 Å². The second-order valence-corrected chi connectivity index (χ2v) is 5.80. The number of hydrogen-bond donors (Lipinski definition) is 1. The van der Waals surface area contributed by atoms with E-state index >= 15 is 0 Å². The molecule has 1 aromatic rings. The number of nitrogens with zero attached hydrogens (tertiary/aromatic N) is 3. The van der Waals surface area contributed by atoms with E-state index in [9.17, 15) is 0 Å². The van der Waals surface area contributed by atoms with Gasteiger partial charge in [-0.05, 0) is 41.6 Å². The molecule has 1 aliphatic rings. The fourth-order valence-corrected chi connectivity index (χ4v) is 2.82. The molecule has 19 heavy (non-hydrogen) atoms. The second kappa shape index (κ2) is 7.08. The van der Waals surface area contributed by atoms with Gasteiger partial charge in [0.2, 0.25) is 5.95 Å². The molecule has 0 radical (unpaired) electrons. The highest BCUT2D eigenvalue weighted by atomic mass is 79.9. The predicted octanol–water partition coefficient (Wildman–Crippen LogP) is 3.61. The molecular formula is C14H23BrN4. The Labute approximate surface area is 124 Å². The van der Waals surface area contributed by atoms with Gasteiger partial charge >= 0.3 is 0 Å². The number of rotatable bonds is 6. The van der Waals surface area contributed by atoms with E-state index in [1.54, 1.807) is 0 Å². The maximum absolute atomic E-state index is 4.74. The molecule has 1 N–H and O–H groups in total. The van der Waals surface area contributed by atoms with Gasteiger partial charge in [0.1, 0.15) is 5.82 Å². The molecule has 0 amide bonds. The maximum atomic E-state index is 4.74. The van der Waals surface area contributed by atoms with E-state index < -0.39 is 0 Å². The average molecular weight is 327 g/mol. The standard InChI is InChI=1S/C14H23BrN4/c1-3-7-11-12(15)13(16-8-4-2)18-14(17-11)19-9-5-6-10-19/h3-10H2,1-2H3,(H,16,17,18). The molecule has 1 aliphatic heterocycles. The van der Waals surface area contributed by atoms with Gasteiger partial charge in [-0.25, -0.2) is 4.98 Å². The van der Waals surface area contributed by atoms with E-state index in [1.165, 1.54) is 12.8 Å². The molecule has 0 spiro atoms. The molecule has 0 unspecified atom stereocenters. The molecule has 0 aliphatic carbocycles. The predicted molar refractivity (Wildman–Crippen MR) is 84.0 cm³/mol. The average Bonchev–Trinajstić information content (AvgIpc) is 2.94. The largest absolute Gasteiger partial charge is 0.369 e. The third kappa shape index (κ3) is 3.59. The number of anilines is 2. The molecule has 0 atom stereocenters. The van der Waals surface area contributed by atoms with Gasteiger partial charge in [-0.1, -0.05) is 20.3 Å². The molecule has 2 heterocycles. The van der Waals surface area contributed by atoms with Crippen LogP contribution in [0.1, 0.15) is 45.2 Å². The van der Waals surface area contributed by atoms with Gasteiger partial charge in [-0.15, -0.1) is 0 Å². The number of hydrogen-bond acceptors (Lipinski definition) is 4. The molecule has 1 aromatic heterocycles. The van der Waals surface area contributed by atoms with E-state index in [4.69, 9.17) is 9.97 Å². The smallest absolute Gasteiger partial charge is 0.227 e. The highest BCUT2D eigenvalue weighted by molar-refractivity contribution is 9.10. The zero-order chi connectivity index (χ0) is 13.7. The maximum Gasteiger partial charge on any atom is 0.227 e. The van der Waals surface area contributed by atoms with Crippen LogP contribution < -0.4 is 10.2 Å². The third-order valence-electron chi connectivity index (χ3n) is 3.33. The van der Waals surface area contributed by atoms with Crippen molar-refractivity contribution in [2.75, 3.05) is 29.9 Å². The van der Waals surface area contributed by atoms with Gasteiger partial charge in [0.15, 0.2) is 0 Å². The first kappa shape index (κ1) is 14.6. The first-order chi connectivity index (χ1) is 9.26. The van der Waals surface area contributed by atoms with Gasteiger partial charge in [-0.2, -0.15) is 4.98 Å². The highest BCUT2D eigenvalue weighted by Crippen LogP contribution is 2.28. The Morgan fingerprint density at radius 3 is 2.53 bits per heavy atom. The Balaban J connectivity index is 2.29. The topological polar surface area (TPSA) is 41.1 Å². The van der Waals surface area contributed by atoms with E-state index in [-0.39, 0.29) is 0 Å². The Bertz CT molecular complexity index is 416. The van der Waals surface area contributed by atoms with Crippen LogP contribution in [0.4, 0.5) is 11.8 Å². The Kier molecular flexibility index (Phi) is 5.43. The zero-order valence-electron chi connectivity index (χ0n) is 11.9. The molecule has 0 bridgehead atoms. The fraction of sp³-hybridized carbons (Fsp3) is 0.714. The lowest BCUT2D eigenvalue weighted by atomic mass is 10.2. The molecule has 5 heteroatoms. The number of halogens is 1. The van der Waals surface area contributed by atoms with Gasteiger partial charge in [-0.3, -0.25) is 0 Å². The quantitative estimate of drug-likeness (QED) is 0.866. The van der Waals surface area contributed by atoms with Crippen LogP contribution >= 0.6 is 15.9 Å². The van der Waals surface area contributed by atoms with Gasteiger partial charge in [0, 0.05) is 19.6 Å². The SMILES string of the molecule is CCCNc1nc(N2CCCC2)nc(CCC)c1Br. The van der Waals surface area contributed by atoms with Crippen molar-refractivity contribution >= 4 is 27.7 Å². The van der Waals surface area contributed by atoms with Gasteiger partial charge in [0.25, 0.3) is 0 Å². The lowest BCUT2D eigenvalue weighted by Gasteiger charge is -2.19. The van der Waals surface area contributed by atoms with Crippen molar-refractivity contribution in [2.24, 2.45) is 0 Å². The monoisotopic (exact) mass is 326 g/mol. The van der Waals surface area contributed by atoms with Crippen LogP contribution in [0.15, 0.2) is 4.47 Å². The summed E-state index contributed by atoms with van der Waals surface area (Å²) in [4.78, 5) is 11.7.